The number of nitrogens with one attached hydrogen (secondary N) is 2. The molecule has 0 unspecified atom stereocenters. The van der Waals surface area contributed by atoms with Crippen LogP contribution in [0.3, 0.4) is 0 Å². The highest BCUT2D eigenvalue weighted by Crippen LogP contribution is 2.20. The first-order valence-electron chi connectivity index (χ1n) is 8.14. The summed E-state index contributed by atoms with van der Waals surface area (Å²) in [5, 5.41) is 3.21. The largest absolute Gasteiger partial charge is 0.496 e. The maximum absolute atomic E-state index is 12.3. The van der Waals surface area contributed by atoms with Gasteiger partial charge in [-0.1, -0.05) is 23.8 Å². The predicted molar refractivity (Wildman–Crippen MR) is 101 cm³/mol. The minimum absolute atomic E-state index is 0.242. The summed E-state index contributed by atoms with van der Waals surface area (Å²) in [5.74, 6) is 0.541. The van der Waals surface area contributed by atoms with E-state index in [1.165, 1.54) is 6.33 Å². The molecular formula is C20H19N3O3. The van der Waals surface area contributed by atoms with Gasteiger partial charge in [0.05, 0.1) is 24.3 Å². The van der Waals surface area contributed by atoms with Crippen molar-refractivity contribution in [1.82, 2.24) is 9.97 Å². The zero-order chi connectivity index (χ0) is 18.5. The molecule has 0 spiro atoms. The van der Waals surface area contributed by atoms with Gasteiger partial charge in [-0.3, -0.25) is 9.59 Å². The van der Waals surface area contributed by atoms with Crippen molar-refractivity contribution in [2.24, 2.45) is 0 Å². The molecular weight excluding hydrogens is 330 g/mol. The van der Waals surface area contributed by atoms with Crippen LogP contribution in [0.5, 0.6) is 5.75 Å². The molecule has 0 radical (unpaired) electrons. The highest BCUT2D eigenvalue weighted by atomic mass is 16.5. The van der Waals surface area contributed by atoms with Gasteiger partial charge >= 0.3 is 0 Å². The Labute approximate surface area is 150 Å². The normalized spacial score (nSPS) is 11.4. The lowest BCUT2D eigenvalue weighted by Gasteiger charge is -2.08. The van der Waals surface area contributed by atoms with Gasteiger partial charge in [0.15, 0.2) is 0 Å². The van der Waals surface area contributed by atoms with E-state index in [-0.39, 0.29) is 11.5 Å². The number of rotatable bonds is 5. The molecule has 1 aromatic heterocycles. The molecule has 2 N–H and O–H groups in total. The summed E-state index contributed by atoms with van der Waals surface area (Å²) in [6.45, 7) is 1.89. The molecule has 0 atom stereocenters. The summed E-state index contributed by atoms with van der Waals surface area (Å²) in [7, 11) is 1.63. The SMILES string of the molecule is COc1ccccc1CC(C)=CC(=O)Nc1ccc2nc[nH]c(=O)c2c1. The van der Waals surface area contributed by atoms with Crippen LogP contribution in [0.4, 0.5) is 5.69 Å². The number of hydrogen-bond acceptors (Lipinski definition) is 4. The Kier molecular flexibility index (Phi) is 5.12. The van der Waals surface area contributed by atoms with E-state index < -0.39 is 0 Å². The molecule has 0 bridgehead atoms. The lowest BCUT2D eigenvalue weighted by atomic mass is 10.0. The summed E-state index contributed by atoms with van der Waals surface area (Å²) < 4.78 is 5.33. The highest BCUT2D eigenvalue weighted by Gasteiger charge is 2.06. The van der Waals surface area contributed by atoms with Crippen molar-refractivity contribution in [1.29, 1.82) is 0 Å². The standard InChI is InChI=1S/C20H19N3O3/c1-13(9-14-5-3-4-6-18(14)26-2)10-19(24)23-15-7-8-17-16(11-15)20(25)22-12-21-17/h3-8,10-12H,9H2,1-2H3,(H,23,24)(H,21,22,25). The smallest absolute Gasteiger partial charge is 0.258 e. The first-order chi connectivity index (χ1) is 12.6. The fourth-order valence-corrected chi connectivity index (χ4v) is 2.75. The number of anilines is 1. The number of fused-ring (bicyclic) bond motifs is 1. The molecule has 1 amide bonds. The summed E-state index contributed by atoms with van der Waals surface area (Å²) in [4.78, 5) is 30.7. The van der Waals surface area contributed by atoms with Gasteiger partial charge in [-0.15, -0.1) is 0 Å². The number of methoxy groups -OCH3 is 1. The number of carbonyl (C=O) groups excluding carboxylic acids is 1. The van der Waals surface area contributed by atoms with Crippen molar-refractivity contribution in [3.05, 3.63) is 76.4 Å². The molecule has 6 nitrogen and oxygen atoms in total. The number of carbonyl (C=O) groups is 1. The summed E-state index contributed by atoms with van der Waals surface area (Å²) in [6.07, 6.45) is 3.51. The molecule has 2 aromatic carbocycles. The number of H-pyrrole nitrogens is 1. The van der Waals surface area contributed by atoms with Crippen LogP contribution in [0.2, 0.25) is 0 Å². The van der Waals surface area contributed by atoms with E-state index in [1.54, 1.807) is 31.4 Å². The third-order valence-electron chi connectivity index (χ3n) is 3.95. The number of nitrogens with zero attached hydrogens (tertiary/aromatic N) is 1. The van der Waals surface area contributed by atoms with Gasteiger partial charge in [0, 0.05) is 11.8 Å². The highest BCUT2D eigenvalue weighted by molar-refractivity contribution is 6.00. The molecule has 26 heavy (non-hydrogen) atoms. The van der Waals surface area contributed by atoms with Gasteiger partial charge in [0.1, 0.15) is 5.75 Å². The number of allylic oxidation sites excluding steroid dienone is 1. The first kappa shape index (κ1) is 17.4. The van der Waals surface area contributed by atoms with Crippen molar-refractivity contribution in [2.45, 2.75) is 13.3 Å². The molecule has 3 aromatic rings. The molecule has 0 aliphatic carbocycles. The van der Waals surface area contributed by atoms with Gasteiger partial charge in [0.2, 0.25) is 5.91 Å². The molecule has 3 rings (SSSR count). The second-order valence-corrected chi connectivity index (χ2v) is 5.93. The molecule has 0 saturated heterocycles. The lowest BCUT2D eigenvalue weighted by molar-refractivity contribution is -0.111. The van der Waals surface area contributed by atoms with Crippen LogP contribution in [0.15, 0.2) is 65.2 Å². The van der Waals surface area contributed by atoms with Crippen molar-refractivity contribution in [3.8, 4) is 5.75 Å². The summed E-state index contributed by atoms with van der Waals surface area (Å²) in [5.41, 5.74) is 2.79. The third kappa shape index (κ3) is 3.97. The Bertz CT molecular complexity index is 1040. The summed E-state index contributed by atoms with van der Waals surface area (Å²) >= 11 is 0. The van der Waals surface area contributed by atoms with Crippen LogP contribution in [-0.4, -0.2) is 23.0 Å². The van der Waals surface area contributed by atoms with Crippen LogP contribution in [0, 0.1) is 0 Å². The molecule has 0 aliphatic rings. The van der Waals surface area contributed by atoms with E-state index in [1.807, 2.05) is 31.2 Å². The van der Waals surface area contributed by atoms with Crippen LogP contribution in [0.1, 0.15) is 12.5 Å². The van der Waals surface area contributed by atoms with Gasteiger partial charge in [0.25, 0.3) is 5.56 Å². The number of amides is 1. The maximum atomic E-state index is 12.3. The number of aromatic nitrogens is 2. The Hall–Kier alpha value is -3.41. The van der Waals surface area contributed by atoms with Crippen LogP contribution < -0.4 is 15.6 Å². The van der Waals surface area contributed by atoms with Gasteiger partial charge in [-0.05, 0) is 43.2 Å². The number of benzene rings is 2. The van der Waals surface area contributed by atoms with Crippen LogP contribution >= 0.6 is 0 Å². The number of para-hydroxylation sites is 1. The third-order valence-corrected chi connectivity index (χ3v) is 3.95. The second kappa shape index (κ2) is 7.65. The van der Waals surface area contributed by atoms with E-state index in [2.05, 4.69) is 15.3 Å². The fraction of sp³-hybridized carbons (Fsp3) is 0.150. The topological polar surface area (TPSA) is 84.1 Å². The quantitative estimate of drug-likeness (QED) is 0.694. The Morgan fingerprint density at radius 3 is 2.88 bits per heavy atom. The number of ether oxygens (including phenoxy) is 1. The lowest BCUT2D eigenvalue weighted by Crippen LogP contribution is -2.11. The van der Waals surface area contributed by atoms with Gasteiger partial charge in [-0.2, -0.15) is 0 Å². The monoisotopic (exact) mass is 349 g/mol. The Morgan fingerprint density at radius 1 is 1.27 bits per heavy atom. The average molecular weight is 349 g/mol. The van der Waals surface area contributed by atoms with E-state index in [0.717, 1.165) is 16.9 Å². The van der Waals surface area contributed by atoms with E-state index in [9.17, 15) is 9.59 Å². The van der Waals surface area contributed by atoms with Crippen LogP contribution in [-0.2, 0) is 11.2 Å². The minimum atomic E-state index is -0.253. The first-order valence-corrected chi connectivity index (χ1v) is 8.14. The van der Waals surface area contributed by atoms with Crippen molar-refractivity contribution >= 4 is 22.5 Å². The maximum Gasteiger partial charge on any atom is 0.258 e. The Balaban J connectivity index is 1.74. The number of aromatic amines is 1. The molecule has 132 valence electrons. The molecule has 0 fully saturated rings. The van der Waals surface area contributed by atoms with Crippen molar-refractivity contribution < 1.29 is 9.53 Å². The molecule has 0 aliphatic heterocycles. The molecule has 6 heteroatoms. The molecule has 0 saturated carbocycles. The van der Waals surface area contributed by atoms with Crippen molar-refractivity contribution in [3.63, 3.8) is 0 Å². The van der Waals surface area contributed by atoms with E-state index in [4.69, 9.17) is 4.74 Å². The number of hydrogen-bond donors (Lipinski definition) is 2. The Morgan fingerprint density at radius 2 is 2.08 bits per heavy atom. The predicted octanol–water partition coefficient (Wildman–Crippen LogP) is 3.06. The van der Waals surface area contributed by atoms with Crippen LogP contribution in [0.25, 0.3) is 10.9 Å². The van der Waals surface area contributed by atoms with E-state index in [0.29, 0.717) is 23.0 Å². The fourth-order valence-electron chi connectivity index (χ4n) is 2.75. The average Bonchev–Trinajstić information content (AvgIpc) is 2.62. The summed E-state index contributed by atoms with van der Waals surface area (Å²) in [6, 6.07) is 12.7. The zero-order valence-electron chi connectivity index (χ0n) is 14.6. The van der Waals surface area contributed by atoms with E-state index >= 15 is 0 Å². The second-order valence-electron chi connectivity index (χ2n) is 5.93. The van der Waals surface area contributed by atoms with Gasteiger partial charge in [-0.25, -0.2) is 4.98 Å². The minimum Gasteiger partial charge on any atom is -0.496 e. The van der Waals surface area contributed by atoms with Gasteiger partial charge < -0.3 is 15.0 Å². The van der Waals surface area contributed by atoms with Crippen molar-refractivity contribution in [2.75, 3.05) is 12.4 Å². The zero-order valence-corrected chi connectivity index (χ0v) is 14.6. The molecule has 1 heterocycles.